The van der Waals surface area contributed by atoms with E-state index in [0.717, 1.165) is 25.0 Å². The van der Waals surface area contributed by atoms with Crippen LogP contribution < -0.4 is 0 Å². The summed E-state index contributed by atoms with van der Waals surface area (Å²) in [6, 6.07) is 0. The van der Waals surface area contributed by atoms with E-state index in [1.54, 1.807) is 0 Å². The van der Waals surface area contributed by atoms with E-state index in [-0.39, 0.29) is 0 Å². The lowest BCUT2D eigenvalue weighted by Crippen LogP contribution is -2.36. The highest BCUT2D eigenvalue weighted by atomic mass is 16.5. The lowest BCUT2D eigenvalue weighted by atomic mass is 9.75. The molecule has 0 aromatic carbocycles. The third-order valence-electron chi connectivity index (χ3n) is 5.81. The first-order chi connectivity index (χ1) is 9.93. The Morgan fingerprint density at radius 3 is 1.35 bits per heavy atom. The zero-order valence-corrected chi connectivity index (χ0v) is 13.0. The Bertz CT molecular complexity index is 223. The van der Waals surface area contributed by atoms with Gasteiger partial charge in [0.1, 0.15) is 0 Å². The van der Waals surface area contributed by atoms with Crippen LogP contribution in [0.25, 0.3) is 0 Å². The fraction of sp³-hybridized carbons (Fsp3) is 1.00. The van der Waals surface area contributed by atoms with Crippen LogP contribution in [-0.4, -0.2) is 25.4 Å². The molecule has 0 radical (unpaired) electrons. The average Bonchev–Trinajstić information content (AvgIpc) is 2.49. The van der Waals surface area contributed by atoms with E-state index in [9.17, 15) is 0 Å². The van der Waals surface area contributed by atoms with E-state index >= 15 is 0 Å². The van der Waals surface area contributed by atoms with Crippen LogP contribution in [0, 0.1) is 11.8 Å². The average molecular weight is 280 g/mol. The summed E-state index contributed by atoms with van der Waals surface area (Å²) < 4.78 is 12.3. The summed E-state index contributed by atoms with van der Waals surface area (Å²) in [5.41, 5.74) is 0. The maximum absolute atomic E-state index is 6.17. The molecule has 1 heterocycles. The summed E-state index contributed by atoms with van der Waals surface area (Å²) in [5, 5.41) is 0. The van der Waals surface area contributed by atoms with Gasteiger partial charge in [0.2, 0.25) is 0 Å². The van der Waals surface area contributed by atoms with E-state index in [0.29, 0.717) is 12.2 Å². The van der Waals surface area contributed by atoms with E-state index in [1.165, 1.54) is 77.0 Å². The molecule has 2 nitrogen and oxygen atoms in total. The molecule has 3 fully saturated rings. The van der Waals surface area contributed by atoms with Gasteiger partial charge in [-0.15, -0.1) is 0 Å². The second kappa shape index (κ2) is 7.79. The molecule has 0 aromatic heterocycles. The number of fused-ring (bicyclic) bond motifs is 2. The summed E-state index contributed by atoms with van der Waals surface area (Å²) in [6.07, 6.45) is 17.1. The van der Waals surface area contributed by atoms with Gasteiger partial charge in [-0.1, -0.05) is 38.5 Å². The molecule has 4 unspecified atom stereocenters. The monoisotopic (exact) mass is 280 g/mol. The molecule has 2 saturated carbocycles. The molecule has 3 rings (SSSR count). The predicted molar refractivity (Wildman–Crippen MR) is 81.9 cm³/mol. The molecule has 0 amide bonds. The van der Waals surface area contributed by atoms with Crippen LogP contribution in [0.2, 0.25) is 0 Å². The third-order valence-corrected chi connectivity index (χ3v) is 5.81. The van der Waals surface area contributed by atoms with Crippen LogP contribution in [0.4, 0.5) is 0 Å². The molecular weight excluding hydrogens is 248 g/mol. The lowest BCUT2D eigenvalue weighted by Gasteiger charge is -2.35. The van der Waals surface area contributed by atoms with Crippen molar-refractivity contribution in [3.8, 4) is 0 Å². The molecule has 2 aliphatic carbocycles. The smallest absolute Gasteiger partial charge is 0.0836 e. The van der Waals surface area contributed by atoms with Crippen LogP contribution in [0.5, 0.6) is 0 Å². The van der Waals surface area contributed by atoms with Crippen molar-refractivity contribution in [2.75, 3.05) is 13.2 Å². The highest BCUT2D eigenvalue weighted by Gasteiger charge is 2.28. The molecule has 0 N–H and O–H groups in total. The van der Waals surface area contributed by atoms with Gasteiger partial charge in [0, 0.05) is 13.2 Å². The third kappa shape index (κ3) is 3.98. The Hall–Kier alpha value is -0.0800. The van der Waals surface area contributed by atoms with E-state index in [2.05, 4.69) is 0 Å². The van der Waals surface area contributed by atoms with Crippen molar-refractivity contribution >= 4 is 0 Å². The van der Waals surface area contributed by atoms with Crippen LogP contribution >= 0.6 is 0 Å². The molecule has 1 aliphatic heterocycles. The number of rotatable bonds is 0. The second-order valence-corrected chi connectivity index (χ2v) is 7.19. The second-order valence-electron chi connectivity index (χ2n) is 7.19. The summed E-state index contributed by atoms with van der Waals surface area (Å²) >= 11 is 0. The predicted octanol–water partition coefficient (Wildman–Crippen LogP) is 4.71. The minimum atomic E-state index is 0.394. The molecule has 0 aromatic rings. The molecular formula is C18H32O2. The Labute approximate surface area is 124 Å². The summed E-state index contributed by atoms with van der Waals surface area (Å²) in [4.78, 5) is 0. The fourth-order valence-corrected chi connectivity index (χ4v) is 4.65. The van der Waals surface area contributed by atoms with Gasteiger partial charge < -0.3 is 9.47 Å². The Balaban J connectivity index is 1.54. The van der Waals surface area contributed by atoms with Gasteiger partial charge in [0.25, 0.3) is 0 Å². The van der Waals surface area contributed by atoms with Crippen molar-refractivity contribution in [3.05, 3.63) is 0 Å². The first kappa shape index (κ1) is 14.8. The minimum absolute atomic E-state index is 0.394. The van der Waals surface area contributed by atoms with Gasteiger partial charge in [-0.05, 0) is 50.4 Å². The molecule has 20 heavy (non-hydrogen) atoms. The van der Waals surface area contributed by atoms with Crippen molar-refractivity contribution in [1.29, 1.82) is 0 Å². The molecule has 0 bridgehead atoms. The molecule has 3 aliphatic rings. The van der Waals surface area contributed by atoms with Crippen molar-refractivity contribution in [2.45, 2.75) is 89.3 Å². The lowest BCUT2D eigenvalue weighted by molar-refractivity contribution is -0.0964. The van der Waals surface area contributed by atoms with Crippen LogP contribution in [0.15, 0.2) is 0 Å². The first-order valence-electron chi connectivity index (χ1n) is 9.16. The van der Waals surface area contributed by atoms with Gasteiger partial charge in [0.05, 0.1) is 12.2 Å². The van der Waals surface area contributed by atoms with Crippen LogP contribution in [-0.2, 0) is 9.47 Å². The topological polar surface area (TPSA) is 18.5 Å². The number of hydrogen-bond donors (Lipinski definition) is 0. The largest absolute Gasteiger partial charge is 0.376 e. The van der Waals surface area contributed by atoms with Gasteiger partial charge in [-0.25, -0.2) is 0 Å². The maximum atomic E-state index is 6.17. The summed E-state index contributed by atoms with van der Waals surface area (Å²) in [5.74, 6) is 1.96. The Morgan fingerprint density at radius 1 is 0.450 bits per heavy atom. The number of ether oxygens (including phenoxy) is 2. The van der Waals surface area contributed by atoms with Gasteiger partial charge in [-0.3, -0.25) is 0 Å². The standard InChI is InChI=1S/C18H32O2/c1-2-8-16-10-6-14-20-18-12-4-3-11-17(18)19-13-5-9-15(16)7-1/h15-18H,1-14H2. The minimum Gasteiger partial charge on any atom is -0.376 e. The first-order valence-corrected chi connectivity index (χ1v) is 9.16. The Morgan fingerprint density at radius 2 is 0.850 bits per heavy atom. The van der Waals surface area contributed by atoms with Gasteiger partial charge >= 0.3 is 0 Å². The van der Waals surface area contributed by atoms with Crippen molar-refractivity contribution in [1.82, 2.24) is 0 Å². The van der Waals surface area contributed by atoms with Gasteiger partial charge in [0.15, 0.2) is 0 Å². The van der Waals surface area contributed by atoms with Crippen LogP contribution in [0.3, 0.4) is 0 Å². The molecule has 2 heteroatoms. The zero-order chi connectivity index (χ0) is 13.6. The molecule has 1 saturated heterocycles. The quantitative estimate of drug-likeness (QED) is 0.639. The molecule has 0 spiro atoms. The van der Waals surface area contributed by atoms with Crippen molar-refractivity contribution in [3.63, 3.8) is 0 Å². The molecule has 116 valence electrons. The van der Waals surface area contributed by atoms with Crippen molar-refractivity contribution < 1.29 is 9.47 Å². The van der Waals surface area contributed by atoms with Crippen LogP contribution in [0.1, 0.15) is 77.0 Å². The van der Waals surface area contributed by atoms with E-state index in [1.807, 2.05) is 0 Å². The van der Waals surface area contributed by atoms with E-state index in [4.69, 9.17) is 9.47 Å². The Kier molecular flexibility index (Phi) is 5.78. The maximum Gasteiger partial charge on any atom is 0.0836 e. The molecule has 4 atom stereocenters. The summed E-state index contributed by atoms with van der Waals surface area (Å²) in [7, 11) is 0. The summed E-state index contributed by atoms with van der Waals surface area (Å²) in [6.45, 7) is 1.93. The number of hydrogen-bond acceptors (Lipinski definition) is 2. The fourth-order valence-electron chi connectivity index (χ4n) is 4.65. The van der Waals surface area contributed by atoms with Crippen molar-refractivity contribution in [2.24, 2.45) is 11.8 Å². The highest BCUT2D eigenvalue weighted by Crippen LogP contribution is 2.36. The highest BCUT2D eigenvalue weighted by molar-refractivity contribution is 4.79. The van der Waals surface area contributed by atoms with E-state index < -0.39 is 0 Å². The van der Waals surface area contributed by atoms with Gasteiger partial charge in [-0.2, -0.15) is 0 Å². The SMILES string of the molecule is C1CCC2CCCOC3CCCCC3OCCCC2C1. The zero-order valence-electron chi connectivity index (χ0n) is 13.0. The normalized spacial score (nSPS) is 40.8.